The zero-order valence-corrected chi connectivity index (χ0v) is 27.7. The van der Waals surface area contributed by atoms with Gasteiger partial charge in [-0.1, -0.05) is 59.1 Å². The molecule has 4 amide bonds. The topological polar surface area (TPSA) is 157 Å². The summed E-state index contributed by atoms with van der Waals surface area (Å²) < 4.78 is 40.1. The quantitative estimate of drug-likeness (QED) is 0.208. The molecule has 6 unspecified atom stereocenters. The molecule has 3 heterocycles. The van der Waals surface area contributed by atoms with Crippen LogP contribution in [-0.2, 0) is 35.6 Å². The normalized spacial score (nSPS) is 27.2. The highest BCUT2D eigenvalue weighted by molar-refractivity contribution is 6.33. The number of carboxylic acids is 1. The largest absolute Gasteiger partial charge is 0.508 e. The average Bonchev–Trinajstić information content (AvgIpc) is 3.45. The zero-order chi connectivity index (χ0) is 36.6. The number of halogens is 5. The van der Waals surface area contributed by atoms with E-state index >= 15 is 4.79 Å². The first-order valence-corrected chi connectivity index (χ1v) is 16.6. The number of pyridine rings is 1. The molecule has 2 saturated heterocycles. The number of fused-ring (bicyclic) bond motifs is 4. The highest BCUT2D eigenvalue weighted by Gasteiger charge is 2.70. The Kier molecular flexibility index (Phi) is 8.37. The number of likely N-dealkylation sites (tertiary alicyclic amines) is 1. The molecular formula is C35H27Cl2F3N4O7. The summed E-state index contributed by atoms with van der Waals surface area (Å²) in [5, 5.41) is 20.0. The second-order valence-electron chi connectivity index (χ2n) is 13.0. The van der Waals surface area contributed by atoms with Crippen molar-refractivity contribution in [1.82, 2.24) is 14.9 Å². The van der Waals surface area contributed by atoms with E-state index in [-0.39, 0.29) is 31.0 Å². The third-order valence-corrected chi connectivity index (χ3v) is 11.0. The van der Waals surface area contributed by atoms with E-state index in [2.05, 4.69) is 10.4 Å². The molecule has 1 saturated carbocycles. The molecule has 0 spiro atoms. The standard InChI is InChI=1S/C35H27Cl2F3N4O7/c36-19-5-3-17(4-6-19)34-24(31(49)44(33(34)51)42-29-25(37)13-18(15-41-29)35(38,39)40)14-23-21(28(34)16-1-7-20(45)8-2-16)9-10-22-27(23)32(50)43(30(22)48)12-11-26(46)47/h1-9,13,15,22-24,27-28,45H,10-12,14H2,(H,41,42)(H,46,47). The number of aliphatic carboxylic acids is 1. The van der Waals surface area contributed by atoms with E-state index in [9.17, 15) is 42.6 Å². The summed E-state index contributed by atoms with van der Waals surface area (Å²) in [6.07, 6.45) is -2.88. The molecule has 1 aromatic heterocycles. The van der Waals surface area contributed by atoms with Gasteiger partial charge >= 0.3 is 12.1 Å². The lowest BCUT2D eigenvalue weighted by atomic mass is 9.49. The molecule has 6 atom stereocenters. The second-order valence-corrected chi connectivity index (χ2v) is 13.8. The van der Waals surface area contributed by atoms with E-state index in [0.29, 0.717) is 39.0 Å². The molecule has 7 rings (SSSR count). The van der Waals surface area contributed by atoms with Crippen molar-refractivity contribution in [3.63, 3.8) is 0 Å². The molecule has 4 aliphatic rings. The lowest BCUT2D eigenvalue weighted by Crippen LogP contribution is -2.53. The van der Waals surface area contributed by atoms with Crippen LogP contribution in [0.15, 0.2) is 72.4 Å². The smallest absolute Gasteiger partial charge is 0.417 e. The maximum atomic E-state index is 15.1. The van der Waals surface area contributed by atoms with Crippen LogP contribution in [0.2, 0.25) is 10.0 Å². The van der Waals surface area contributed by atoms with Crippen LogP contribution in [0, 0.1) is 23.7 Å². The van der Waals surface area contributed by atoms with Crippen LogP contribution in [-0.4, -0.2) is 61.2 Å². The minimum absolute atomic E-state index is 0.0772. The number of aromatic hydroxyl groups is 1. The number of rotatable bonds is 7. The predicted molar refractivity (Wildman–Crippen MR) is 174 cm³/mol. The summed E-state index contributed by atoms with van der Waals surface area (Å²) in [4.78, 5) is 73.1. The van der Waals surface area contributed by atoms with Gasteiger partial charge in [0.05, 0.1) is 40.2 Å². The van der Waals surface area contributed by atoms with E-state index < -0.39 is 87.8 Å². The van der Waals surface area contributed by atoms with Crippen molar-refractivity contribution in [2.75, 3.05) is 12.0 Å². The molecule has 11 nitrogen and oxygen atoms in total. The lowest BCUT2D eigenvalue weighted by Gasteiger charge is -2.50. The lowest BCUT2D eigenvalue weighted by molar-refractivity contribution is -0.143. The van der Waals surface area contributed by atoms with Gasteiger partial charge in [0.1, 0.15) is 5.75 Å². The summed E-state index contributed by atoms with van der Waals surface area (Å²) in [5.41, 5.74) is 1.16. The Balaban J connectivity index is 1.40. The van der Waals surface area contributed by atoms with Gasteiger partial charge in [-0.15, -0.1) is 0 Å². The Bertz CT molecular complexity index is 2020. The number of imide groups is 2. The molecule has 3 fully saturated rings. The van der Waals surface area contributed by atoms with Gasteiger partial charge in [-0.2, -0.15) is 18.2 Å². The van der Waals surface area contributed by atoms with Crippen LogP contribution in [0.5, 0.6) is 5.75 Å². The van der Waals surface area contributed by atoms with Crippen LogP contribution in [0.25, 0.3) is 0 Å². The van der Waals surface area contributed by atoms with Crippen LogP contribution < -0.4 is 5.43 Å². The molecule has 2 aromatic carbocycles. The number of allylic oxidation sites excluding steroid dienone is 2. The van der Waals surface area contributed by atoms with Gasteiger partial charge in [0.25, 0.3) is 11.8 Å². The summed E-state index contributed by atoms with van der Waals surface area (Å²) in [7, 11) is 0. The second kappa shape index (κ2) is 12.4. The first-order valence-electron chi connectivity index (χ1n) is 15.8. The number of aromatic nitrogens is 1. The van der Waals surface area contributed by atoms with Crippen molar-refractivity contribution in [3.8, 4) is 5.75 Å². The molecule has 51 heavy (non-hydrogen) atoms. The van der Waals surface area contributed by atoms with Crippen molar-refractivity contribution in [3.05, 3.63) is 99.2 Å². The Morgan fingerprint density at radius 3 is 2.29 bits per heavy atom. The predicted octanol–water partition coefficient (Wildman–Crippen LogP) is 5.57. The number of benzene rings is 2. The van der Waals surface area contributed by atoms with E-state index in [0.717, 1.165) is 4.90 Å². The number of hydrogen-bond donors (Lipinski definition) is 3. The molecule has 0 bridgehead atoms. The fraction of sp³-hybridized carbons (Fsp3) is 0.314. The van der Waals surface area contributed by atoms with Gasteiger partial charge in [-0.3, -0.25) is 34.3 Å². The number of anilines is 1. The number of carbonyl (C=O) groups is 5. The monoisotopic (exact) mass is 742 g/mol. The zero-order valence-electron chi connectivity index (χ0n) is 26.2. The summed E-state index contributed by atoms with van der Waals surface area (Å²) in [6, 6.07) is 12.9. The molecule has 3 N–H and O–H groups in total. The number of hydrazine groups is 1. The Hall–Kier alpha value is -4.95. The number of nitrogens with one attached hydrogen (secondary N) is 1. The van der Waals surface area contributed by atoms with Crippen LogP contribution >= 0.6 is 23.2 Å². The molecule has 2 aliphatic carbocycles. The van der Waals surface area contributed by atoms with Crippen LogP contribution in [0.1, 0.15) is 41.9 Å². The number of hydrogen-bond acceptors (Lipinski definition) is 8. The number of nitrogens with zero attached hydrogens (tertiary/aromatic N) is 3. The van der Waals surface area contributed by atoms with Crippen LogP contribution in [0.3, 0.4) is 0 Å². The van der Waals surface area contributed by atoms with Crippen LogP contribution in [0.4, 0.5) is 19.0 Å². The minimum Gasteiger partial charge on any atom is -0.508 e. The number of alkyl halides is 3. The highest BCUT2D eigenvalue weighted by atomic mass is 35.5. The van der Waals surface area contributed by atoms with Gasteiger partial charge in [0, 0.05) is 23.7 Å². The van der Waals surface area contributed by atoms with E-state index in [4.69, 9.17) is 23.2 Å². The number of carboxylic acid groups (broad SMARTS) is 1. The molecule has 2 aliphatic heterocycles. The number of carbonyl (C=O) groups excluding carboxylic acids is 4. The third-order valence-electron chi connectivity index (χ3n) is 10.4. The molecule has 0 radical (unpaired) electrons. The maximum absolute atomic E-state index is 15.1. The Morgan fingerprint density at radius 2 is 1.67 bits per heavy atom. The summed E-state index contributed by atoms with van der Waals surface area (Å²) in [5.74, 6) is -8.99. The van der Waals surface area contributed by atoms with E-state index in [1.165, 1.54) is 12.1 Å². The van der Waals surface area contributed by atoms with E-state index in [1.807, 2.05) is 0 Å². The third kappa shape index (κ3) is 5.43. The fourth-order valence-electron chi connectivity index (χ4n) is 8.32. The Morgan fingerprint density at radius 1 is 0.980 bits per heavy atom. The first-order chi connectivity index (χ1) is 24.1. The minimum atomic E-state index is -4.76. The van der Waals surface area contributed by atoms with E-state index in [1.54, 1.807) is 42.5 Å². The van der Waals surface area contributed by atoms with Gasteiger partial charge in [0.15, 0.2) is 5.82 Å². The van der Waals surface area contributed by atoms with Gasteiger partial charge < -0.3 is 10.2 Å². The van der Waals surface area contributed by atoms with Crippen molar-refractivity contribution in [2.45, 2.75) is 36.8 Å². The molecule has 3 aromatic rings. The number of amides is 4. The number of phenolic OH excluding ortho intramolecular Hbond substituents is 1. The SMILES string of the molecule is O=C(O)CCN1C(=O)C2CC=C3C(CC4C(=O)N(Nc5ncc(C(F)(F)F)cc5Cl)C(=O)C4(c4ccc(Cl)cc4)C3c3ccc(O)cc3)C2C1=O. The summed E-state index contributed by atoms with van der Waals surface area (Å²) >= 11 is 12.4. The van der Waals surface area contributed by atoms with Crippen molar-refractivity contribution in [2.24, 2.45) is 23.7 Å². The first kappa shape index (κ1) is 34.5. The summed E-state index contributed by atoms with van der Waals surface area (Å²) in [6.45, 7) is -0.322. The number of phenols is 1. The highest BCUT2D eigenvalue weighted by Crippen LogP contribution is 2.64. The molecule has 264 valence electrons. The maximum Gasteiger partial charge on any atom is 0.417 e. The van der Waals surface area contributed by atoms with Gasteiger partial charge in [0.2, 0.25) is 11.8 Å². The average molecular weight is 744 g/mol. The molecular weight excluding hydrogens is 716 g/mol. The van der Waals surface area contributed by atoms with Crippen molar-refractivity contribution in [1.29, 1.82) is 0 Å². The van der Waals surface area contributed by atoms with Crippen molar-refractivity contribution >= 4 is 58.6 Å². The van der Waals surface area contributed by atoms with Crippen molar-refractivity contribution < 1.29 is 47.4 Å². The van der Waals surface area contributed by atoms with Gasteiger partial charge in [-0.25, -0.2) is 4.98 Å². The molecule has 16 heteroatoms. The fourth-order valence-corrected chi connectivity index (χ4v) is 8.65. The van der Waals surface area contributed by atoms with Gasteiger partial charge in [-0.05, 0) is 60.2 Å². The Labute approximate surface area is 297 Å².